The van der Waals surface area contributed by atoms with E-state index in [4.69, 9.17) is 5.73 Å². The Labute approximate surface area is 103 Å². The summed E-state index contributed by atoms with van der Waals surface area (Å²) in [4.78, 5) is 11.8. The number of benzene rings is 1. The molecule has 1 rings (SSSR count). The summed E-state index contributed by atoms with van der Waals surface area (Å²) >= 11 is 0. The van der Waals surface area contributed by atoms with Crippen LogP contribution < -0.4 is 11.1 Å². The summed E-state index contributed by atoms with van der Waals surface area (Å²) < 4.78 is 0. The van der Waals surface area contributed by atoms with Crippen LogP contribution in [0.2, 0.25) is 0 Å². The highest BCUT2D eigenvalue weighted by Gasteiger charge is 2.18. The predicted octanol–water partition coefficient (Wildman–Crippen LogP) is 1.72. The lowest BCUT2D eigenvalue weighted by Gasteiger charge is -2.19. The highest BCUT2D eigenvalue weighted by Crippen LogP contribution is 2.05. The third kappa shape index (κ3) is 4.57. The molecule has 3 N–H and O–H groups in total. The standard InChI is InChI=1S/C14H22N2O/c1-10(9-13-7-5-4-6-8-13)16-14(17)11(2)12(3)15/h4-8,10-12H,9,15H2,1-3H3,(H,16,17). The van der Waals surface area contributed by atoms with Crippen molar-refractivity contribution in [2.75, 3.05) is 0 Å². The SMILES string of the molecule is CC(Cc1ccccc1)NC(=O)C(C)C(C)N. The summed E-state index contributed by atoms with van der Waals surface area (Å²) in [6.45, 7) is 5.72. The van der Waals surface area contributed by atoms with Crippen LogP contribution in [-0.2, 0) is 11.2 Å². The van der Waals surface area contributed by atoms with Crippen molar-refractivity contribution in [2.45, 2.75) is 39.3 Å². The van der Waals surface area contributed by atoms with Crippen molar-refractivity contribution in [1.29, 1.82) is 0 Å². The maximum Gasteiger partial charge on any atom is 0.224 e. The largest absolute Gasteiger partial charge is 0.353 e. The van der Waals surface area contributed by atoms with E-state index in [0.717, 1.165) is 6.42 Å². The molecule has 0 saturated carbocycles. The van der Waals surface area contributed by atoms with Crippen molar-refractivity contribution < 1.29 is 4.79 Å². The van der Waals surface area contributed by atoms with Gasteiger partial charge >= 0.3 is 0 Å². The molecular formula is C14H22N2O. The monoisotopic (exact) mass is 234 g/mol. The summed E-state index contributed by atoms with van der Waals surface area (Å²) in [5.41, 5.74) is 6.93. The van der Waals surface area contributed by atoms with Gasteiger partial charge in [0.25, 0.3) is 0 Å². The number of hydrogen-bond donors (Lipinski definition) is 2. The Morgan fingerprint density at radius 1 is 1.24 bits per heavy atom. The lowest BCUT2D eigenvalue weighted by atomic mass is 10.0. The van der Waals surface area contributed by atoms with Crippen molar-refractivity contribution >= 4 is 5.91 Å². The Balaban J connectivity index is 2.45. The highest BCUT2D eigenvalue weighted by atomic mass is 16.1. The topological polar surface area (TPSA) is 55.1 Å². The predicted molar refractivity (Wildman–Crippen MR) is 70.6 cm³/mol. The minimum absolute atomic E-state index is 0.0310. The Morgan fingerprint density at radius 2 is 1.82 bits per heavy atom. The number of carbonyl (C=O) groups excluding carboxylic acids is 1. The quantitative estimate of drug-likeness (QED) is 0.815. The Morgan fingerprint density at radius 3 is 2.35 bits per heavy atom. The third-order valence-electron chi connectivity index (χ3n) is 2.98. The Hall–Kier alpha value is -1.35. The van der Waals surface area contributed by atoms with E-state index in [2.05, 4.69) is 17.4 Å². The molecule has 0 radical (unpaired) electrons. The van der Waals surface area contributed by atoms with Gasteiger partial charge in [0.1, 0.15) is 0 Å². The van der Waals surface area contributed by atoms with Gasteiger partial charge in [-0.3, -0.25) is 4.79 Å². The molecule has 1 aromatic rings. The maximum absolute atomic E-state index is 11.8. The third-order valence-corrected chi connectivity index (χ3v) is 2.98. The first kappa shape index (κ1) is 13.7. The van der Waals surface area contributed by atoms with E-state index in [1.54, 1.807) is 0 Å². The summed E-state index contributed by atoms with van der Waals surface area (Å²) in [5, 5.41) is 2.99. The van der Waals surface area contributed by atoms with Gasteiger partial charge in [-0.15, -0.1) is 0 Å². The first-order valence-corrected chi connectivity index (χ1v) is 6.10. The maximum atomic E-state index is 11.8. The van der Waals surface area contributed by atoms with E-state index in [0.29, 0.717) is 0 Å². The molecule has 0 bridgehead atoms. The van der Waals surface area contributed by atoms with Gasteiger partial charge in [-0.2, -0.15) is 0 Å². The summed E-state index contributed by atoms with van der Waals surface area (Å²) in [5.74, 6) is -0.114. The van der Waals surface area contributed by atoms with Gasteiger partial charge in [0, 0.05) is 18.0 Å². The number of amides is 1. The van der Waals surface area contributed by atoms with Gasteiger partial charge in [0.05, 0.1) is 0 Å². The van der Waals surface area contributed by atoms with Crippen LogP contribution in [0.3, 0.4) is 0 Å². The normalized spacial score (nSPS) is 16.0. The summed E-state index contributed by atoms with van der Waals surface area (Å²) in [7, 11) is 0. The van der Waals surface area contributed by atoms with E-state index in [1.165, 1.54) is 5.56 Å². The minimum atomic E-state index is -0.145. The zero-order valence-corrected chi connectivity index (χ0v) is 10.8. The van der Waals surface area contributed by atoms with Gasteiger partial charge < -0.3 is 11.1 Å². The molecule has 0 aliphatic rings. The van der Waals surface area contributed by atoms with E-state index in [1.807, 2.05) is 39.0 Å². The molecule has 3 nitrogen and oxygen atoms in total. The number of nitrogens with two attached hydrogens (primary N) is 1. The van der Waals surface area contributed by atoms with Crippen molar-refractivity contribution in [1.82, 2.24) is 5.32 Å². The van der Waals surface area contributed by atoms with Gasteiger partial charge in [-0.1, -0.05) is 37.3 Å². The molecule has 1 amide bonds. The number of rotatable bonds is 5. The lowest BCUT2D eigenvalue weighted by Crippen LogP contribution is -2.43. The number of nitrogens with one attached hydrogen (secondary N) is 1. The van der Waals surface area contributed by atoms with Gasteiger partial charge in [0.2, 0.25) is 5.91 Å². The van der Waals surface area contributed by atoms with Crippen molar-refractivity contribution in [3.63, 3.8) is 0 Å². The highest BCUT2D eigenvalue weighted by molar-refractivity contribution is 5.79. The first-order chi connectivity index (χ1) is 8.00. The second-order valence-electron chi connectivity index (χ2n) is 4.75. The summed E-state index contributed by atoms with van der Waals surface area (Å²) in [6.07, 6.45) is 0.845. The molecular weight excluding hydrogens is 212 g/mol. The molecule has 0 aliphatic heterocycles. The Bertz CT molecular complexity index is 348. The van der Waals surface area contributed by atoms with Crippen LogP contribution in [0.5, 0.6) is 0 Å². The second kappa shape index (κ2) is 6.40. The van der Waals surface area contributed by atoms with E-state index >= 15 is 0 Å². The van der Waals surface area contributed by atoms with E-state index in [-0.39, 0.29) is 23.9 Å². The van der Waals surface area contributed by atoms with Crippen LogP contribution in [0.15, 0.2) is 30.3 Å². The van der Waals surface area contributed by atoms with Crippen molar-refractivity contribution in [3.05, 3.63) is 35.9 Å². The molecule has 0 aliphatic carbocycles. The smallest absolute Gasteiger partial charge is 0.224 e. The second-order valence-corrected chi connectivity index (χ2v) is 4.75. The van der Waals surface area contributed by atoms with Crippen molar-refractivity contribution in [3.8, 4) is 0 Å². The van der Waals surface area contributed by atoms with E-state index in [9.17, 15) is 4.79 Å². The van der Waals surface area contributed by atoms with Gasteiger partial charge in [0.15, 0.2) is 0 Å². The molecule has 3 heteroatoms. The molecule has 3 atom stereocenters. The average Bonchev–Trinajstić information content (AvgIpc) is 2.28. The fourth-order valence-corrected chi connectivity index (χ4v) is 1.63. The van der Waals surface area contributed by atoms with Crippen LogP contribution in [0, 0.1) is 5.92 Å². The molecule has 1 aromatic carbocycles. The average molecular weight is 234 g/mol. The van der Waals surface area contributed by atoms with Crippen molar-refractivity contribution in [2.24, 2.45) is 11.7 Å². The Kier molecular flexibility index (Phi) is 5.16. The molecule has 0 fully saturated rings. The fraction of sp³-hybridized carbons (Fsp3) is 0.500. The lowest BCUT2D eigenvalue weighted by molar-refractivity contribution is -0.125. The fourth-order valence-electron chi connectivity index (χ4n) is 1.63. The molecule has 3 unspecified atom stereocenters. The molecule has 17 heavy (non-hydrogen) atoms. The zero-order chi connectivity index (χ0) is 12.8. The van der Waals surface area contributed by atoms with Crippen LogP contribution in [-0.4, -0.2) is 18.0 Å². The van der Waals surface area contributed by atoms with Crippen LogP contribution in [0.1, 0.15) is 26.3 Å². The van der Waals surface area contributed by atoms with Gasteiger partial charge in [-0.05, 0) is 25.8 Å². The number of hydrogen-bond acceptors (Lipinski definition) is 2. The van der Waals surface area contributed by atoms with E-state index < -0.39 is 0 Å². The van der Waals surface area contributed by atoms with Crippen LogP contribution in [0.4, 0.5) is 0 Å². The molecule has 0 saturated heterocycles. The minimum Gasteiger partial charge on any atom is -0.353 e. The number of carbonyl (C=O) groups is 1. The zero-order valence-electron chi connectivity index (χ0n) is 10.8. The molecule has 0 aromatic heterocycles. The first-order valence-electron chi connectivity index (χ1n) is 6.10. The van der Waals surface area contributed by atoms with Gasteiger partial charge in [-0.25, -0.2) is 0 Å². The molecule has 0 spiro atoms. The molecule has 0 heterocycles. The summed E-state index contributed by atoms with van der Waals surface area (Å²) in [6, 6.07) is 10.2. The molecule has 94 valence electrons. The van der Waals surface area contributed by atoms with Crippen LogP contribution >= 0.6 is 0 Å². The van der Waals surface area contributed by atoms with Crippen LogP contribution in [0.25, 0.3) is 0 Å².